The quantitative estimate of drug-likeness (QED) is 0.829. The largest absolute Gasteiger partial charge is 0.387 e. The molecule has 0 aliphatic heterocycles. The van der Waals surface area contributed by atoms with Crippen molar-refractivity contribution >= 4 is 0 Å². The zero-order valence-corrected chi connectivity index (χ0v) is 11.8. The van der Waals surface area contributed by atoms with Crippen LogP contribution in [0.5, 0.6) is 0 Å². The van der Waals surface area contributed by atoms with Gasteiger partial charge in [0.15, 0.2) is 0 Å². The lowest BCUT2D eigenvalue weighted by atomic mass is 9.97. The van der Waals surface area contributed by atoms with Gasteiger partial charge in [-0.3, -0.25) is 4.90 Å². The summed E-state index contributed by atoms with van der Waals surface area (Å²) in [5.74, 6) is 0. The summed E-state index contributed by atoms with van der Waals surface area (Å²) in [5.41, 5.74) is 2.46. The second kappa shape index (κ2) is 5.85. The number of fused-ring (bicyclic) bond motifs is 1. The molecular formula is C16H25NO. The lowest BCUT2D eigenvalue weighted by Crippen LogP contribution is -2.43. The molecule has 0 saturated heterocycles. The summed E-state index contributed by atoms with van der Waals surface area (Å²) in [7, 11) is 0. The van der Waals surface area contributed by atoms with Crippen LogP contribution in [0.15, 0.2) is 24.3 Å². The third kappa shape index (κ3) is 2.60. The lowest BCUT2D eigenvalue weighted by Gasteiger charge is -2.36. The van der Waals surface area contributed by atoms with Gasteiger partial charge in [-0.2, -0.15) is 0 Å². The summed E-state index contributed by atoms with van der Waals surface area (Å²) in [6.45, 7) is 7.62. The van der Waals surface area contributed by atoms with E-state index in [-0.39, 0.29) is 12.1 Å². The van der Waals surface area contributed by atoms with Crippen molar-refractivity contribution in [2.24, 2.45) is 0 Å². The third-order valence-electron chi connectivity index (χ3n) is 4.14. The maximum atomic E-state index is 10.7. The van der Waals surface area contributed by atoms with Crippen LogP contribution < -0.4 is 0 Å². The molecule has 2 rings (SSSR count). The van der Waals surface area contributed by atoms with Gasteiger partial charge in [-0.25, -0.2) is 0 Å². The molecule has 1 aromatic rings. The molecule has 2 heteroatoms. The maximum Gasteiger partial charge on any atom is 0.0947 e. The van der Waals surface area contributed by atoms with Crippen LogP contribution in [0.4, 0.5) is 0 Å². The van der Waals surface area contributed by atoms with Gasteiger partial charge in [-0.05, 0) is 50.8 Å². The molecular weight excluding hydrogens is 222 g/mol. The van der Waals surface area contributed by atoms with Crippen LogP contribution in [0, 0.1) is 0 Å². The minimum Gasteiger partial charge on any atom is -0.387 e. The Balaban J connectivity index is 2.29. The van der Waals surface area contributed by atoms with Gasteiger partial charge < -0.3 is 5.11 Å². The Labute approximate surface area is 111 Å². The minimum atomic E-state index is -0.342. The highest BCUT2D eigenvalue weighted by Gasteiger charge is 2.30. The standard InChI is InChI=1S/C16H25NO/c1-4-17(12(2)3)15-11-7-9-13-8-5-6-10-14(13)16(15)18/h5-6,8,10,12,15-16,18H,4,7,9,11H2,1-3H3. The number of aryl methyl sites for hydroxylation is 1. The topological polar surface area (TPSA) is 23.5 Å². The first-order valence-electron chi connectivity index (χ1n) is 7.16. The van der Waals surface area contributed by atoms with Crippen LogP contribution in [0.3, 0.4) is 0 Å². The molecule has 1 aliphatic rings. The first kappa shape index (κ1) is 13.6. The van der Waals surface area contributed by atoms with E-state index in [9.17, 15) is 5.11 Å². The second-order valence-corrected chi connectivity index (χ2v) is 5.53. The monoisotopic (exact) mass is 247 g/mol. The molecule has 2 atom stereocenters. The first-order valence-corrected chi connectivity index (χ1v) is 7.16. The van der Waals surface area contributed by atoms with E-state index in [1.165, 1.54) is 12.0 Å². The van der Waals surface area contributed by atoms with E-state index in [1.807, 2.05) is 6.07 Å². The van der Waals surface area contributed by atoms with E-state index < -0.39 is 0 Å². The molecule has 1 N–H and O–H groups in total. The van der Waals surface area contributed by atoms with Gasteiger partial charge in [0.1, 0.15) is 0 Å². The SMILES string of the molecule is CCN(C(C)C)C1CCCc2ccccc2C1O. The molecule has 0 amide bonds. The zero-order valence-electron chi connectivity index (χ0n) is 11.8. The molecule has 2 unspecified atom stereocenters. The molecule has 1 aliphatic carbocycles. The van der Waals surface area contributed by atoms with Gasteiger partial charge in [-0.1, -0.05) is 31.2 Å². The lowest BCUT2D eigenvalue weighted by molar-refractivity contribution is 0.0305. The Morgan fingerprint density at radius 2 is 2.06 bits per heavy atom. The van der Waals surface area contributed by atoms with Gasteiger partial charge in [0, 0.05) is 12.1 Å². The molecule has 2 nitrogen and oxygen atoms in total. The Hall–Kier alpha value is -0.860. The molecule has 18 heavy (non-hydrogen) atoms. The van der Waals surface area contributed by atoms with E-state index >= 15 is 0 Å². The molecule has 0 aromatic heterocycles. The maximum absolute atomic E-state index is 10.7. The average Bonchev–Trinajstić information content (AvgIpc) is 2.51. The highest BCUT2D eigenvalue weighted by molar-refractivity contribution is 5.31. The second-order valence-electron chi connectivity index (χ2n) is 5.53. The van der Waals surface area contributed by atoms with Crippen LogP contribution >= 0.6 is 0 Å². The van der Waals surface area contributed by atoms with Crippen molar-refractivity contribution in [2.45, 2.75) is 58.2 Å². The zero-order chi connectivity index (χ0) is 13.1. The van der Waals surface area contributed by atoms with Crippen LogP contribution in [-0.4, -0.2) is 28.6 Å². The van der Waals surface area contributed by atoms with E-state index in [0.717, 1.165) is 24.9 Å². The smallest absolute Gasteiger partial charge is 0.0947 e. The minimum absolute atomic E-state index is 0.263. The van der Waals surface area contributed by atoms with Gasteiger partial charge >= 0.3 is 0 Å². The van der Waals surface area contributed by atoms with E-state index in [0.29, 0.717) is 6.04 Å². The molecule has 100 valence electrons. The Morgan fingerprint density at radius 3 is 2.72 bits per heavy atom. The van der Waals surface area contributed by atoms with E-state index in [4.69, 9.17) is 0 Å². The molecule has 0 bridgehead atoms. The van der Waals surface area contributed by atoms with Gasteiger partial charge in [0.2, 0.25) is 0 Å². The number of hydrogen-bond donors (Lipinski definition) is 1. The summed E-state index contributed by atoms with van der Waals surface area (Å²) >= 11 is 0. The fourth-order valence-corrected chi connectivity index (χ4v) is 3.25. The van der Waals surface area contributed by atoms with Crippen LogP contribution in [0.1, 0.15) is 50.8 Å². The van der Waals surface area contributed by atoms with Crippen LogP contribution in [-0.2, 0) is 6.42 Å². The van der Waals surface area contributed by atoms with Crippen molar-refractivity contribution in [3.8, 4) is 0 Å². The van der Waals surface area contributed by atoms with Crippen molar-refractivity contribution in [3.05, 3.63) is 35.4 Å². The number of likely N-dealkylation sites (N-methyl/N-ethyl adjacent to an activating group) is 1. The van der Waals surface area contributed by atoms with E-state index in [1.54, 1.807) is 0 Å². The number of nitrogens with zero attached hydrogens (tertiary/aromatic N) is 1. The predicted octanol–water partition coefficient (Wildman–Crippen LogP) is 3.16. The van der Waals surface area contributed by atoms with Gasteiger partial charge in [0.05, 0.1) is 6.10 Å². The Bertz CT molecular complexity index is 388. The summed E-state index contributed by atoms with van der Waals surface area (Å²) in [5, 5.41) is 10.7. The van der Waals surface area contributed by atoms with Gasteiger partial charge in [-0.15, -0.1) is 0 Å². The van der Waals surface area contributed by atoms with Crippen molar-refractivity contribution < 1.29 is 5.11 Å². The number of hydrogen-bond acceptors (Lipinski definition) is 2. The number of benzene rings is 1. The molecule has 0 fully saturated rings. The Kier molecular flexibility index (Phi) is 4.41. The molecule has 0 spiro atoms. The predicted molar refractivity (Wildman–Crippen MR) is 75.6 cm³/mol. The number of rotatable bonds is 3. The van der Waals surface area contributed by atoms with Gasteiger partial charge in [0.25, 0.3) is 0 Å². The summed E-state index contributed by atoms with van der Waals surface area (Å²) in [4.78, 5) is 2.42. The third-order valence-corrected chi connectivity index (χ3v) is 4.14. The summed E-state index contributed by atoms with van der Waals surface area (Å²) < 4.78 is 0. The van der Waals surface area contributed by atoms with Crippen molar-refractivity contribution in [3.63, 3.8) is 0 Å². The van der Waals surface area contributed by atoms with Crippen molar-refractivity contribution in [1.29, 1.82) is 0 Å². The average molecular weight is 247 g/mol. The van der Waals surface area contributed by atoms with Crippen molar-refractivity contribution in [2.75, 3.05) is 6.54 Å². The van der Waals surface area contributed by atoms with E-state index in [2.05, 4.69) is 43.9 Å². The van der Waals surface area contributed by atoms with Crippen molar-refractivity contribution in [1.82, 2.24) is 4.90 Å². The highest BCUT2D eigenvalue weighted by atomic mass is 16.3. The molecule has 0 radical (unpaired) electrons. The van der Waals surface area contributed by atoms with Crippen LogP contribution in [0.2, 0.25) is 0 Å². The molecule has 0 saturated carbocycles. The van der Waals surface area contributed by atoms with Crippen LogP contribution in [0.25, 0.3) is 0 Å². The summed E-state index contributed by atoms with van der Waals surface area (Å²) in [6, 6.07) is 9.11. The normalized spacial score (nSPS) is 24.1. The number of aliphatic hydroxyl groups is 1. The molecule has 0 heterocycles. The summed E-state index contributed by atoms with van der Waals surface area (Å²) in [6.07, 6.45) is 3.01. The molecule has 1 aromatic carbocycles. The fraction of sp³-hybridized carbons (Fsp3) is 0.625. The fourth-order valence-electron chi connectivity index (χ4n) is 3.25. The Morgan fingerprint density at radius 1 is 1.33 bits per heavy atom. The highest BCUT2D eigenvalue weighted by Crippen LogP contribution is 2.32. The first-order chi connectivity index (χ1) is 8.65. The number of aliphatic hydroxyl groups excluding tert-OH is 1.